The highest BCUT2D eigenvalue weighted by atomic mass is 32.2. The molecule has 0 aliphatic heterocycles. The molecule has 4 nitrogen and oxygen atoms in total. The van der Waals surface area contributed by atoms with Crippen LogP contribution in [0.2, 0.25) is 0 Å². The van der Waals surface area contributed by atoms with Gasteiger partial charge in [0, 0.05) is 16.0 Å². The van der Waals surface area contributed by atoms with E-state index in [-0.39, 0.29) is 5.91 Å². The first-order chi connectivity index (χ1) is 12.2. The molecule has 6 heteroatoms. The quantitative estimate of drug-likeness (QED) is 0.539. The monoisotopic (exact) mass is 369 g/mol. The lowest BCUT2D eigenvalue weighted by Gasteiger charge is -2.11. The predicted octanol–water partition coefficient (Wildman–Crippen LogP) is 4.61. The maximum atomic E-state index is 12.3. The lowest BCUT2D eigenvalue weighted by molar-refractivity contribution is -0.113. The molecule has 1 aromatic carbocycles. The van der Waals surface area contributed by atoms with Crippen LogP contribution >= 0.6 is 23.1 Å². The Morgan fingerprint density at radius 3 is 2.84 bits per heavy atom. The van der Waals surface area contributed by atoms with E-state index in [1.54, 1.807) is 11.3 Å². The molecule has 1 amide bonds. The molecule has 128 valence electrons. The van der Waals surface area contributed by atoms with Gasteiger partial charge in [-0.1, -0.05) is 30.0 Å². The number of aromatic nitrogens is 2. The second-order valence-corrected chi connectivity index (χ2v) is 8.22. The Hall–Kier alpha value is -1.92. The molecule has 2 heterocycles. The van der Waals surface area contributed by atoms with Crippen molar-refractivity contribution in [3.8, 4) is 0 Å². The zero-order valence-electron chi connectivity index (χ0n) is 14.0. The van der Waals surface area contributed by atoms with Crippen molar-refractivity contribution in [2.75, 3.05) is 11.1 Å². The Morgan fingerprint density at radius 1 is 1.20 bits per heavy atom. The largest absolute Gasteiger partial charge is 0.325 e. The normalized spacial score (nSPS) is 13.6. The van der Waals surface area contributed by atoms with Gasteiger partial charge in [-0.15, -0.1) is 11.3 Å². The van der Waals surface area contributed by atoms with Crippen LogP contribution in [-0.2, 0) is 17.6 Å². The van der Waals surface area contributed by atoms with Crippen molar-refractivity contribution in [3.63, 3.8) is 0 Å². The Morgan fingerprint density at radius 2 is 2.00 bits per heavy atom. The number of hydrogen-bond acceptors (Lipinski definition) is 5. The number of carbonyl (C=O) groups is 1. The molecule has 4 rings (SSSR count). The molecule has 0 atom stereocenters. The highest BCUT2D eigenvalue weighted by Gasteiger charge is 2.21. The van der Waals surface area contributed by atoms with Crippen molar-refractivity contribution < 1.29 is 4.79 Å². The van der Waals surface area contributed by atoms with Crippen LogP contribution in [0.25, 0.3) is 10.2 Å². The lowest BCUT2D eigenvalue weighted by atomic mass is 9.97. The van der Waals surface area contributed by atoms with Gasteiger partial charge in [0.25, 0.3) is 0 Å². The van der Waals surface area contributed by atoms with Crippen LogP contribution in [0, 0.1) is 6.92 Å². The number of fused-ring (bicyclic) bond motifs is 3. The van der Waals surface area contributed by atoms with E-state index in [4.69, 9.17) is 0 Å². The van der Waals surface area contributed by atoms with Crippen molar-refractivity contribution in [2.45, 2.75) is 37.6 Å². The van der Waals surface area contributed by atoms with E-state index < -0.39 is 0 Å². The van der Waals surface area contributed by atoms with Gasteiger partial charge in [0.2, 0.25) is 5.91 Å². The summed E-state index contributed by atoms with van der Waals surface area (Å²) in [5.74, 6) is 1.12. The van der Waals surface area contributed by atoms with Crippen molar-refractivity contribution in [2.24, 2.45) is 0 Å². The Bertz CT molecular complexity index is 921. The summed E-state index contributed by atoms with van der Waals surface area (Å²) in [6.07, 6.45) is 4.74. The molecule has 25 heavy (non-hydrogen) atoms. The number of aryl methyl sites for hydroxylation is 3. The van der Waals surface area contributed by atoms with Crippen molar-refractivity contribution in [3.05, 3.63) is 46.6 Å². The number of thiophene rings is 1. The topological polar surface area (TPSA) is 54.9 Å². The summed E-state index contributed by atoms with van der Waals surface area (Å²) >= 11 is 3.31. The van der Waals surface area contributed by atoms with Crippen LogP contribution in [0.5, 0.6) is 0 Å². The van der Waals surface area contributed by atoms with Gasteiger partial charge in [-0.3, -0.25) is 4.79 Å². The van der Waals surface area contributed by atoms with E-state index >= 15 is 0 Å². The number of thioether (sulfide) groups is 1. The first-order valence-corrected chi connectivity index (χ1v) is 10.3. The molecule has 0 radical (unpaired) electrons. The number of nitrogens with one attached hydrogen (secondary N) is 1. The van der Waals surface area contributed by atoms with Gasteiger partial charge in [0.1, 0.15) is 15.7 Å². The minimum Gasteiger partial charge on any atom is -0.325 e. The summed E-state index contributed by atoms with van der Waals surface area (Å²) in [7, 11) is 0. The van der Waals surface area contributed by atoms with E-state index in [1.807, 2.05) is 37.3 Å². The summed E-state index contributed by atoms with van der Waals surface area (Å²) in [5, 5.41) is 5.06. The summed E-state index contributed by atoms with van der Waals surface area (Å²) in [6.45, 7) is 1.92. The van der Waals surface area contributed by atoms with Crippen LogP contribution < -0.4 is 5.32 Å². The van der Waals surface area contributed by atoms with Crippen molar-refractivity contribution in [1.82, 2.24) is 9.97 Å². The van der Waals surface area contributed by atoms with Crippen LogP contribution in [0.1, 0.15) is 29.1 Å². The number of amides is 1. The number of para-hydroxylation sites is 1. The van der Waals surface area contributed by atoms with E-state index in [9.17, 15) is 4.79 Å². The van der Waals surface area contributed by atoms with Crippen LogP contribution in [0.15, 0.2) is 35.4 Å². The minimum atomic E-state index is -0.00953. The maximum Gasteiger partial charge on any atom is 0.234 e. The van der Waals surface area contributed by atoms with Gasteiger partial charge in [-0.2, -0.15) is 0 Å². The van der Waals surface area contributed by atoms with E-state index in [0.717, 1.165) is 34.2 Å². The molecule has 0 unspecified atom stereocenters. The molecular weight excluding hydrogens is 350 g/mol. The average Bonchev–Trinajstić information content (AvgIpc) is 2.98. The molecule has 1 N–H and O–H groups in total. The molecule has 0 saturated heterocycles. The zero-order valence-corrected chi connectivity index (χ0v) is 15.7. The molecule has 0 saturated carbocycles. The molecule has 0 bridgehead atoms. The number of nitrogens with zero attached hydrogens (tertiary/aromatic N) is 2. The fraction of sp³-hybridized carbons (Fsp3) is 0.316. The number of benzene rings is 1. The Labute approximate surface area is 155 Å². The highest BCUT2D eigenvalue weighted by molar-refractivity contribution is 8.00. The number of hydrogen-bond donors (Lipinski definition) is 1. The van der Waals surface area contributed by atoms with Gasteiger partial charge in [0.05, 0.1) is 5.75 Å². The standard InChI is InChI=1S/C19H19N3OS2/c1-12-20-18(24-11-16(23)22-13-7-3-2-4-8-13)17-14-9-5-6-10-15(14)25-19(17)21-12/h2-4,7-8H,5-6,9-11H2,1H3,(H,22,23). The Kier molecular flexibility index (Phi) is 4.72. The summed E-state index contributed by atoms with van der Waals surface area (Å²) in [5.41, 5.74) is 2.24. The van der Waals surface area contributed by atoms with Gasteiger partial charge >= 0.3 is 0 Å². The zero-order chi connectivity index (χ0) is 17.2. The molecule has 2 aromatic heterocycles. The third kappa shape index (κ3) is 3.55. The highest BCUT2D eigenvalue weighted by Crippen LogP contribution is 2.39. The van der Waals surface area contributed by atoms with Gasteiger partial charge in [-0.05, 0) is 50.3 Å². The minimum absolute atomic E-state index is 0.00953. The van der Waals surface area contributed by atoms with E-state index in [2.05, 4.69) is 15.3 Å². The second kappa shape index (κ2) is 7.14. The summed E-state index contributed by atoms with van der Waals surface area (Å²) in [4.78, 5) is 24.1. The van der Waals surface area contributed by atoms with Gasteiger partial charge in [0.15, 0.2) is 0 Å². The van der Waals surface area contributed by atoms with Crippen LogP contribution in [-0.4, -0.2) is 21.6 Å². The smallest absolute Gasteiger partial charge is 0.234 e. The third-order valence-electron chi connectivity index (χ3n) is 4.29. The fourth-order valence-electron chi connectivity index (χ4n) is 3.18. The molecular formula is C19H19N3OS2. The molecule has 0 spiro atoms. The predicted molar refractivity (Wildman–Crippen MR) is 105 cm³/mol. The lowest BCUT2D eigenvalue weighted by Crippen LogP contribution is -2.14. The molecule has 0 fully saturated rings. The summed E-state index contributed by atoms with van der Waals surface area (Å²) in [6, 6.07) is 9.55. The molecule has 1 aliphatic carbocycles. The van der Waals surface area contributed by atoms with Crippen LogP contribution in [0.4, 0.5) is 5.69 Å². The number of rotatable bonds is 4. The van der Waals surface area contributed by atoms with E-state index in [1.165, 1.54) is 40.4 Å². The molecule has 1 aliphatic rings. The average molecular weight is 370 g/mol. The second-order valence-electron chi connectivity index (χ2n) is 6.17. The maximum absolute atomic E-state index is 12.3. The number of anilines is 1. The van der Waals surface area contributed by atoms with Gasteiger partial charge in [-0.25, -0.2) is 9.97 Å². The van der Waals surface area contributed by atoms with Crippen molar-refractivity contribution in [1.29, 1.82) is 0 Å². The van der Waals surface area contributed by atoms with Gasteiger partial charge < -0.3 is 5.32 Å². The van der Waals surface area contributed by atoms with Crippen molar-refractivity contribution >= 4 is 44.9 Å². The van der Waals surface area contributed by atoms with Crippen LogP contribution in [0.3, 0.4) is 0 Å². The Balaban J connectivity index is 1.56. The SMILES string of the molecule is Cc1nc(SCC(=O)Nc2ccccc2)c2c3c(sc2n1)CCCC3. The first kappa shape index (κ1) is 16.5. The first-order valence-electron chi connectivity index (χ1n) is 8.47. The van der Waals surface area contributed by atoms with E-state index in [0.29, 0.717) is 5.75 Å². The fourth-order valence-corrected chi connectivity index (χ4v) is 5.45. The summed E-state index contributed by atoms with van der Waals surface area (Å²) < 4.78 is 0. The number of carbonyl (C=O) groups excluding carboxylic acids is 1. The third-order valence-corrected chi connectivity index (χ3v) is 6.45. The molecule has 3 aromatic rings.